The molecule has 2 heterocycles. The number of nitrogens with zero attached hydrogens (tertiary/aromatic N) is 1. The van der Waals surface area contributed by atoms with E-state index in [1.807, 2.05) is 13.0 Å². The lowest BCUT2D eigenvalue weighted by atomic mass is 9.97. The van der Waals surface area contributed by atoms with E-state index in [0.717, 1.165) is 5.56 Å². The van der Waals surface area contributed by atoms with Crippen LogP contribution < -0.4 is 15.1 Å². The summed E-state index contributed by atoms with van der Waals surface area (Å²) in [7, 11) is 0. The Morgan fingerprint density at radius 2 is 1.80 bits per heavy atom. The molecule has 1 aliphatic heterocycles. The van der Waals surface area contributed by atoms with Crippen molar-refractivity contribution in [3.8, 4) is 11.5 Å². The van der Waals surface area contributed by atoms with Crippen molar-refractivity contribution in [3.63, 3.8) is 0 Å². The van der Waals surface area contributed by atoms with Crippen molar-refractivity contribution in [1.29, 1.82) is 0 Å². The second kappa shape index (κ2) is 8.43. The van der Waals surface area contributed by atoms with Crippen molar-refractivity contribution in [2.24, 2.45) is 0 Å². The minimum Gasteiger partial charge on any atom is -0.504 e. The maximum absolute atomic E-state index is 13.7. The standard InChI is InChI=1S/C28H23NO6/c1-4-34-23-14-18(8-11-21(23)31)25-24-26(32)20-13-15(2)5-12-22(20)35-27(24)28(33)29(25)19-9-6-17(7-10-19)16(3)30/h5-14,25,31H,4H2,1-3H3. The Morgan fingerprint density at radius 3 is 2.49 bits per heavy atom. The summed E-state index contributed by atoms with van der Waals surface area (Å²) in [6.45, 7) is 5.48. The van der Waals surface area contributed by atoms with E-state index in [4.69, 9.17) is 9.15 Å². The van der Waals surface area contributed by atoms with Crippen molar-refractivity contribution in [3.05, 3.63) is 98.9 Å². The number of amides is 1. The average Bonchev–Trinajstić information content (AvgIpc) is 3.13. The first-order chi connectivity index (χ1) is 16.8. The summed E-state index contributed by atoms with van der Waals surface area (Å²) in [6, 6.07) is 15.8. The molecule has 1 aliphatic rings. The van der Waals surface area contributed by atoms with Gasteiger partial charge in [-0.1, -0.05) is 17.7 Å². The first-order valence-corrected chi connectivity index (χ1v) is 11.3. The molecular weight excluding hydrogens is 446 g/mol. The van der Waals surface area contributed by atoms with Gasteiger partial charge in [-0.25, -0.2) is 0 Å². The summed E-state index contributed by atoms with van der Waals surface area (Å²) in [6.07, 6.45) is 0. The Balaban J connectivity index is 1.77. The number of fused-ring (bicyclic) bond motifs is 2. The number of benzene rings is 3. The summed E-state index contributed by atoms with van der Waals surface area (Å²) in [5.41, 5.74) is 2.74. The molecule has 0 saturated carbocycles. The molecule has 35 heavy (non-hydrogen) atoms. The molecule has 1 unspecified atom stereocenters. The molecular formula is C28H23NO6. The van der Waals surface area contributed by atoms with Gasteiger partial charge in [-0.15, -0.1) is 0 Å². The van der Waals surface area contributed by atoms with E-state index in [9.17, 15) is 19.5 Å². The van der Waals surface area contributed by atoms with E-state index < -0.39 is 11.9 Å². The lowest BCUT2D eigenvalue weighted by Crippen LogP contribution is -2.29. The molecule has 1 N–H and O–H groups in total. The first-order valence-electron chi connectivity index (χ1n) is 11.3. The van der Waals surface area contributed by atoms with Gasteiger partial charge >= 0.3 is 0 Å². The molecule has 5 rings (SSSR count). The number of Topliss-reactive ketones (excluding diaryl/α,β-unsaturated/α-hetero) is 1. The number of aromatic hydroxyl groups is 1. The fraction of sp³-hybridized carbons (Fsp3) is 0.179. The van der Waals surface area contributed by atoms with Gasteiger partial charge in [-0.2, -0.15) is 0 Å². The topological polar surface area (TPSA) is 97.0 Å². The van der Waals surface area contributed by atoms with Crippen LogP contribution in [0.2, 0.25) is 0 Å². The second-order valence-electron chi connectivity index (χ2n) is 8.51. The third kappa shape index (κ3) is 3.65. The molecule has 0 spiro atoms. The van der Waals surface area contributed by atoms with E-state index in [1.165, 1.54) is 17.9 Å². The van der Waals surface area contributed by atoms with Gasteiger partial charge in [0.15, 0.2) is 22.7 Å². The Labute approximate surface area is 201 Å². The zero-order valence-electron chi connectivity index (χ0n) is 19.5. The normalized spacial score (nSPS) is 14.9. The summed E-state index contributed by atoms with van der Waals surface area (Å²) in [5.74, 6) is -0.385. The number of ether oxygens (including phenoxy) is 1. The predicted octanol–water partition coefficient (Wildman–Crippen LogP) is 5.16. The highest BCUT2D eigenvalue weighted by atomic mass is 16.5. The smallest absolute Gasteiger partial charge is 0.295 e. The summed E-state index contributed by atoms with van der Waals surface area (Å²) >= 11 is 0. The van der Waals surface area contributed by atoms with Gasteiger partial charge in [-0.05, 0) is 74.9 Å². The van der Waals surface area contributed by atoms with E-state index in [2.05, 4.69) is 0 Å². The van der Waals surface area contributed by atoms with Crippen LogP contribution >= 0.6 is 0 Å². The number of hydrogen-bond donors (Lipinski definition) is 1. The quantitative estimate of drug-likeness (QED) is 0.406. The van der Waals surface area contributed by atoms with Crippen LogP contribution in [-0.2, 0) is 0 Å². The van der Waals surface area contributed by atoms with Gasteiger partial charge in [0.1, 0.15) is 5.58 Å². The monoisotopic (exact) mass is 469 g/mol. The number of carbonyl (C=O) groups excluding carboxylic acids is 2. The van der Waals surface area contributed by atoms with Gasteiger partial charge in [0.25, 0.3) is 5.91 Å². The van der Waals surface area contributed by atoms with Crippen LogP contribution in [0.3, 0.4) is 0 Å². The second-order valence-corrected chi connectivity index (χ2v) is 8.51. The van der Waals surface area contributed by atoms with Crippen LogP contribution in [-0.4, -0.2) is 23.4 Å². The Morgan fingerprint density at radius 1 is 1.06 bits per heavy atom. The van der Waals surface area contributed by atoms with Crippen LogP contribution in [0, 0.1) is 6.92 Å². The minimum absolute atomic E-state index is 0.0296. The SMILES string of the molecule is CCOc1cc(C2c3c(oc4ccc(C)cc4c3=O)C(=O)N2c2ccc(C(C)=O)cc2)ccc1O. The van der Waals surface area contributed by atoms with Crippen LogP contribution in [0.15, 0.2) is 69.9 Å². The van der Waals surface area contributed by atoms with Crippen molar-refractivity contribution in [2.45, 2.75) is 26.8 Å². The number of phenolic OH excluding ortho intramolecular Hbond substituents is 1. The molecule has 0 saturated heterocycles. The fourth-order valence-electron chi connectivity index (χ4n) is 4.50. The predicted molar refractivity (Wildman–Crippen MR) is 132 cm³/mol. The van der Waals surface area contributed by atoms with E-state index >= 15 is 0 Å². The average molecular weight is 469 g/mol. The lowest BCUT2D eigenvalue weighted by Gasteiger charge is -2.26. The van der Waals surface area contributed by atoms with E-state index in [-0.39, 0.29) is 34.0 Å². The zero-order chi connectivity index (χ0) is 24.9. The highest BCUT2D eigenvalue weighted by Crippen LogP contribution is 2.43. The summed E-state index contributed by atoms with van der Waals surface area (Å²) in [5, 5.41) is 10.6. The van der Waals surface area contributed by atoms with E-state index in [1.54, 1.807) is 55.5 Å². The number of ketones is 1. The number of hydrogen-bond acceptors (Lipinski definition) is 6. The van der Waals surface area contributed by atoms with Gasteiger partial charge < -0.3 is 14.3 Å². The molecule has 0 aliphatic carbocycles. The van der Waals surface area contributed by atoms with Crippen LogP contribution in [0.1, 0.15) is 57.5 Å². The number of phenols is 1. The maximum atomic E-state index is 13.7. The molecule has 1 amide bonds. The third-order valence-corrected chi connectivity index (χ3v) is 6.18. The summed E-state index contributed by atoms with van der Waals surface area (Å²) in [4.78, 5) is 40.7. The Kier molecular flexibility index (Phi) is 5.40. The first kappa shape index (κ1) is 22.4. The highest BCUT2D eigenvalue weighted by Gasteiger charge is 2.44. The minimum atomic E-state index is -0.818. The van der Waals surface area contributed by atoms with Gasteiger partial charge in [0.2, 0.25) is 5.76 Å². The Hall–Kier alpha value is -4.39. The maximum Gasteiger partial charge on any atom is 0.295 e. The molecule has 7 heteroatoms. The van der Waals surface area contributed by atoms with Crippen molar-refractivity contribution < 1.29 is 23.8 Å². The van der Waals surface area contributed by atoms with Gasteiger partial charge in [0, 0.05) is 11.3 Å². The highest BCUT2D eigenvalue weighted by molar-refractivity contribution is 6.11. The van der Waals surface area contributed by atoms with Crippen LogP contribution in [0.4, 0.5) is 5.69 Å². The van der Waals surface area contributed by atoms with Crippen molar-refractivity contribution >= 4 is 28.3 Å². The molecule has 1 atom stereocenters. The third-order valence-electron chi connectivity index (χ3n) is 6.18. The molecule has 0 radical (unpaired) electrons. The van der Waals surface area contributed by atoms with Crippen molar-refractivity contribution in [1.82, 2.24) is 0 Å². The van der Waals surface area contributed by atoms with Crippen LogP contribution in [0.5, 0.6) is 11.5 Å². The number of anilines is 1. The molecule has 176 valence electrons. The number of aryl methyl sites for hydroxylation is 1. The largest absolute Gasteiger partial charge is 0.504 e. The Bertz CT molecular complexity index is 1550. The van der Waals surface area contributed by atoms with Gasteiger partial charge in [-0.3, -0.25) is 19.3 Å². The van der Waals surface area contributed by atoms with Crippen LogP contribution in [0.25, 0.3) is 11.0 Å². The molecule has 7 nitrogen and oxygen atoms in total. The molecule has 0 fully saturated rings. The lowest BCUT2D eigenvalue weighted by molar-refractivity contribution is 0.0970. The number of carbonyl (C=O) groups is 2. The molecule has 0 bridgehead atoms. The number of rotatable bonds is 5. The molecule has 4 aromatic rings. The molecule has 1 aromatic heterocycles. The zero-order valence-corrected chi connectivity index (χ0v) is 19.5. The summed E-state index contributed by atoms with van der Waals surface area (Å²) < 4.78 is 11.6. The van der Waals surface area contributed by atoms with Gasteiger partial charge in [0.05, 0.1) is 23.6 Å². The van der Waals surface area contributed by atoms with E-state index in [0.29, 0.717) is 34.4 Å². The van der Waals surface area contributed by atoms with Crippen molar-refractivity contribution in [2.75, 3.05) is 11.5 Å². The molecule has 3 aromatic carbocycles. The fourth-order valence-corrected chi connectivity index (χ4v) is 4.50.